The summed E-state index contributed by atoms with van der Waals surface area (Å²) in [6.45, 7) is 0.576. The summed E-state index contributed by atoms with van der Waals surface area (Å²) < 4.78 is 36.7. The van der Waals surface area contributed by atoms with Crippen molar-refractivity contribution in [1.29, 1.82) is 0 Å². The van der Waals surface area contributed by atoms with Gasteiger partial charge in [-0.25, -0.2) is 18.2 Å². The number of nitrogens with two attached hydrogens (primary N) is 1. The van der Waals surface area contributed by atoms with Crippen LogP contribution in [0.2, 0.25) is 0 Å². The highest BCUT2D eigenvalue weighted by molar-refractivity contribution is 9.10. The summed E-state index contributed by atoms with van der Waals surface area (Å²) in [5.74, 6) is 0.667. The van der Waals surface area contributed by atoms with E-state index in [-0.39, 0.29) is 17.1 Å². The number of methoxy groups -OCH3 is 2. The molecule has 8 nitrogen and oxygen atoms in total. The van der Waals surface area contributed by atoms with Crippen LogP contribution >= 0.6 is 15.9 Å². The Morgan fingerprint density at radius 2 is 1.89 bits per heavy atom. The van der Waals surface area contributed by atoms with Crippen molar-refractivity contribution in [3.05, 3.63) is 63.9 Å². The fourth-order valence-electron chi connectivity index (χ4n) is 2.83. The maximum Gasteiger partial charge on any atom is 0.239 e. The number of halogens is 1. The number of rotatable bonds is 7. The van der Waals surface area contributed by atoms with Gasteiger partial charge < -0.3 is 9.47 Å². The summed E-state index contributed by atoms with van der Waals surface area (Å²) in [6.07, 6.45) is 2.08. The van der Waals surface area contributed by atoms with E-state index in [1.807, 2.05) is 30.3 Å². The van der Waals surface area contributed by atoms with Gasteiger partial charge in [-0.15, -0.1) is 5.10 Å². The summed E-state index contributed by atoms with van der Waals surface area (Å²) in [5, 5.41) is 13.7. The lowest BCUT2D eigenvalue weighted by Gasteiger charge is -2.16. The number of sulfonamides is 1. The van der Waals surface area contributed by atoms with Gasteiger partial charge in [-0.1, -0.05) is 35.5 Å². The number of hydrogen-bond donors (Lipinski definition) is 1. The quantitative estimate of drug-likeness (QED) is 0.572. The van der Waals surface area contributed by atoms with E-state index in [2.05, 4.69) is 26.2 Å². The third-order valence-corrected chi connectivity index (χ3v) is 6.21. The lowest BCUT2D eigenvalue weighted by Crippen LogP contribution is -2.14. The lowest BCUT2D eigenvalue weighted by molar-refractivity contribution is 0.350. The Morgan fingerprint density at radius 3 is 2.50 bits per heavy atom. The second-order valence-electron chi connectivity index (χ2n) is 6.02. The summed E-state index contributed by atoms with van der Waals surface area (Å²) in [4.78, 5) is -0.0863. The molecule has 1 heterocycles. The normalized spacial score (nSPS) is 11.4. The first kappa shape index (κ1) is 20.3. The van der Waals surface area contributed by atoms with Gasteiger partial charge in [0.05, 0.1) is 26.5 Å². The van der Waals surface area contributed by atoms with Gasteiger partial charge in [-0.05, 0) is 21.5 Å². The van der Waals surface area contributed by atoms with Gasteiger partial charge in [0.25, 0.3) is 0 Å². The zero-order valence-corrected chi connectivity index (χ0v) is 17.7. The molecule has 0 saturated carbocycles. The zero-order valence-electron chi connectivity index (χ0n) is 15.3. The summed E-state index contributed by atoms with van der Waals surface area (Å²) in [7, 11) is -1.05. The van der Waals surface area contributed by atoms with Crippen molar-refractivity contribution in [3.63, 3.8) is 0 Å². The molecule has 0 aliphatic heterocycles. The Labute approximate surface area is 171 Å². The van der Waals surface area contributed by atoms with Gasteiger partial charge >= 0.3 is 0 Å². The Hall–Kier alpha value is -2.43. The first-order valence-corrected chi connectivity index (χ1v) is 10.6. The molecule has 0 radical (unpaired) electrons. The van der Waals surface area contributed by atoms with Crippen LogP contribution in [-0.4, -0.2) is 37.6 Å². The Morgan fingerprint density at radius 1 is 1.18 bits per heavy atom. The van der Waals surface area contributed by atoms with Crippen molar-refractivity contribution >= 4 is 26.0 Å². The zero-order chi connectivity index (χ0) is 20.3. The minimum Gasteiger partial charge on any atom is -0.493 e. The van der Waals surface area contributed by atoms with Crippen molar-refractivity contribution in [3.8, 4) is 11.5 Å². The van der Waals surface area contributed by atoms with Gasteiger partial charge in [0, 0.05) is 28.7 Å². The van der Waals surface area contributed by atoms with Crippen LogP contribution in [0.3, 0.4) is 0 Å². The van der Waals surface area contributed by atoms with E-state index in [0.717, 1.165) is 5.56 Å². The van der Waals surface area contributed by atoms with Crippen LogP contribution in [0.25, 0.3) is 0 Å². The Balaban J connectivity index is 1.98. The molecule has 10 heteroatoms. The molecule has 0 fully saturated rings. The van der Waals surface area contributed by atoms with E-state index < -0.39 is 10.0 Å². The van der Waals surface area contributed by atoms with Gasteiger partial charge in [0.1, 0.15) is 4.90 Å². The highest BCUT2D eigenvalue weighted by Crippen LogP contribution is 2.41. The van der Waals surface area contributed by atoms with Gasteiger partial charge in [0.2, 0.25) is 10.0 Å². The molecule has 0 spiro atoms. The van der Waals surface area contributed by atoms with Crippen molar-refractivity contribution in [2.75, 3.05) is 14.2 Å². The number of ether oxygens (including phenoxy) is 2. The van der Waals surface area contributed by atoms with Crippen molar-refractivity contribution in [2.24, 2.45) is 5.14 Å². The molecule has 0 atom stereocenters. The summed E-state index contributed by atoms with van der Waals surface area (Å²) in [6, 6.07) is 11.2. The number of primary sulfonamides is 1. The number of aromatic nitrogens is 3. The molecule has 0 amide bonds. The molecule has 0 aliphatic rings. The Bertz CT molecular complexity index is 1080. The Kier molecular flexibility index (Phi) is 6.01. The second kappa shape index (κ2) is 8.29. The molecule has 148 valence electrons. The van der Waals surface area contributed by atoms with Crippen molar-refractivity contribution in [1.82, 2.24) is 15.0 Å². The molecule has 3 rings (SSSR count). The van der Waals surface area contributed by atoms with Crippen LogP contribution < -0.4 is 14.6 Å². The maximum atomic E-state index is 12.0. The number of benzene rings is 2. The van der Waals surface area contributed by atoms with Gasteiger partial charge in [-0.2, -0.15) is 0 Å². The van der Waals surface area contributed by atoms with Crippen LogP contribution in [0.15, 0.2) is 52.0 Å². The molecule has 2 N–H and O–H groups in total. The van der Waals surface area contributed by atoms with Crippen LogP contribution in [-0.2, 0) is 23.0 Å². The fourth-order valence-corrected chi connectivity index (χ4v) is 4.59. The van der Waals surface area contributed by atoms with E-state index in [0.29, 0.717) is 28.0 Å². The predicted molar refractivity (Wildman–Crippen MR) is 107 cm³/mol. The monoisotopic (exact) mass is 466 g/mol. The second-order valence-corrected chi connectivity index (χ2v) is 8.34. The largest absolute Gasteiger partial charge is 0.493 e. The fraction of sp³-hybridized carbons (Fsp3) is 0.222. The SMILES string of the molecule is COc1cc(S(N)(=O)=O)c(Br)c(Cc2cn(Cc3ccccc3)nn2)c1OC. The number of nitrogens with zero attached hydrogens (tertiary/aromatic N) is 3. The number of hydrogen-bond acceptors (Lipinski definition) is 6. The van der Waals surface area contributed by atoms with Gasteiger partial charge in [-0.3, -0.25) is 0 Å². The first-order valence-electron chi connectivity index (χ1n) is 8.22. The average Bonchev–Trinajstić information content (AvgIpc) is 3.09. The summed E-state index contributed by atoms with van der Waals surface area (Å²) in [5.41, 5.74) is 2.29. The van der Waals surface area contributed by atoms with E-state index in [9.17, 15) is 8.42 Å². The van der Waals surface area contributed by atoms with Crippen molar-refractivity contribution in [2.45, 2.75) is 17.9 Å². The molecule has 0 bridgehead atoms. The average molecular weight is 467 g/mol. The van der Waals surface area contributed by atoms with Gasteiger partial charge in [0.15, 0.2) is 11.5 Å². The highest BCUT2D eigenvalue weighted by Gasteiger charge is 2.24. The molecular formula is C18H19BrN4O4S. The molecule has 0 aliphatic carbocycles. The van der Waals surface area contributed by atoms with Crippen molar-refractivity contribution < 1.29 is 17.9 Å². The topological polar surface area (TPSA) is 109 Å². The van der Waals surface area contributed by atoms with E-state index in [4.69, 9.17) is 14.6 Å². The smallest absolute Gasteiger partial charge is 0.239 e. The van der Waals surface area contributed by atoms with Crippen LogP contribution in [0, 0.1) is 0 Å². The highest BCUT2D eigenvalue weighted by atomic mass is 79.9. The molecular weight excluding hydrogens is 448 g/mol. The molecule has 3 aromatic rings. The molecule has 1 aromatic heterocycles. The molecule has 2 aromatic carbocycles. The molecule has 0 unspecified atom stereocenters. The predicted octanol–water partition coefficient (Wildman–Crippen LogP) is 2.34. The summed E-state index contributed by atoms with van der Waals surface area (Å²) >= 11 is 3.34. The van der Waals surface area contributed by atoms with Crippen LogP contribution in [0.5, 0.6) is 11.5 Å². The maximum absolute atomic E-state index is 12.0. The van der Waals surface area contributed by atoms with E-state index >= 15 is 0 Å². The van der Waals surface area contributed by atoms with E-state index in [1.165, 1.54) is 20.3 Å². The van der Waals surface area contributed by atoms with E-state index in [1.54, 1.807) is 10.9 Å². The van der Waals surface area contributed by atoms with Crippen LogP contribution in [0.1, 0.15) is 16.8 Å². The third-order valence-electron chi connectivity index (χ3n) is 4.10. The molecule has 0 saturated heterocycles. The lowest BCUT2D eigenvalue weighted by atomic mass is 10.1. The van der Waals surface area contributed by atoms with Crippen LogP contribution in [0.4, 0.5) is 0 Å². The standard InChI is InChI=1S/C18H19BrN4O4S/c1-26-15-9-16(28(20,24)25)17(19)14(18(15)27-2)8-13-11-23(22-21-13)10-12-6-4-3-5-7-12/h3-7,9,11H,8,10H2,1-2H3,(H2,20,24,25). The molecule has 28 heavy (non-hydrogen) atoms. The first-order chi connectivity index (χ1) is 13.3. The minimum atomic E-state index is -3.97. The third kappa shape index (κ3) is 4.34. The minimum absolute atomic E-state index is 0.0863.